The highest BCUT2D eigenvalue weighted by Crippen LogP contribution is 2.21. The van der Waals surface area contributed by atoms with Gasteiger partial charge in [-0.15, -0.1) is 0 Å². The van der Waals surface area contributed by atoms with E-state index >= 15 is 0 Å². The second-order valence-electron chi connectivity index (χ2n) is 4.82. The number of nitrogen functional groups attached to an aromatic ring is 1. The first-order chi connectivity index (χ1) is 11.1. The lowest BCUT2D eigenvalue weighted by molar-refractivity contribution is 0.102. The smallest absolute Gasteiger partial charge is 0.278 e. The number of nitrogens with two attached hydrogens (primary N) is 1. The Kier molecular flexibility index (Phi) is 4.21. The topological polar surface area (TPSA) is 80.9 Å². The van der Waals surface area contributed by atoms with Crippen LogP contribution in [0.3, 0.4) is 0 Å². The first kappa shape index (κ1) is 15.0. The molecule has 0 aliphatic rings. The van der Waals surface area contributed by atoms with Gasteiger partial charge in [-0.1, -0.05) is 41.9 Å². The van der Waals surface area contributed by atoms with Crippen molar-refractivity contribution in [2.24, 2.45) is 0 Å². The molecule has 0 aliphatic heterocycles. The molecule has 5 nitrogen and oxygen atoms in total. The van der Waals surface area contributed by atoms with Crippen LogP contribution in [0.2, 0.25) is 5.02 Å². The Morgan fingerprint density at radius 1 is 1.04 bits per heavy atom. The SMILES string of the molecule is Nc1ncc(-c2ccc(Cl)cc2)nc1C(=O)Nc1ccccc1. The van der Waals surface area contributed by atoms with Crippen molar-refractivity contribution in [2.75, 3.05) is 11.1 Å². The van der Waals surface area contributed by atoms with Gasteiger partial charge in [0.25, 0.3) is 5.91 Å². The summed E-state index contributed by atoms with van der Waals surface area (Å²) in [5, 5.41) is 3.37. The predicted octanol–water partition coefficient (Wildman–Crippen LogP) is 3.63. The highest BCUT2D eigenvalue weighted by atomic mass is 35.5. The second-order valence-corrected chi connectivity index (χ2v) is 5.25. The van der Waals surface area contributed by atoms with Crippen molar-refractivity contribution in [1.29, 1.82) is 0 Å². The minimum Gasteiger partial charge on any atom is -0.382 e. The second kappa shape index (κ2) is 6.46. The third-order valence-electron chi connectivity index (χ3n) is 3.19. The molecule has 0 fully saturated rings. The molecule has 3 rings (SSSR count). The Balaban J connectivity index is 1.91. The summed E-state index contributed by atoms with van der Waals surface area (Å²) in [6.07, 6.45) is 1.53. The fourth-order valence-electron chi connectivity index (χ4n) is 2.04. The van der Waals surface area contributed by atoms with Gasteiger partial charge in [-0.3, -0.25) is 4.79 Å². The molecule has 0 radical (unpaired) electrons. The molecule has 1 heterocycles. The minimum absolute atomic E-state index is 0.0798. The van der Waals surface area contributed by atoms with Gasteiger partial charge < -0.3 is 11.1 Å². The van der Waals surface area contributed by atoms with Gasteiger partial charge in [-0.25, -0.2) is 9.97 Å². The van der Waals surface area contributed by atoms with Crippen LogP contribution >= 0.6 is 11.6 Å². The lowest BCUT2D eigenvalue weighted by Gasteiger charge is -2.08. The molecular formula is C17H13ClN4O. The van der Waals surface area contributed by atoms with E-state index in [1.807, 2.05) is 18.2 Å². The van der Waals surface area contributed by atoms with Crippen LogP contribution < -0.4 is 11.1 Å². The van der Waals surface area contributed by atoms with Gasteiger partial charge in [0.2, 0.25) is 0 Å². The number of carbonyl (C=O) groups is 1. The highest BCUT2D eigenvalue weighted by molar-refractivity contribution is 6.30. The van der Waals surface area contributed by atoms with Crippen LogP contribution in [0.25, 0.3) is 11.3 Å². The third-order valence-corrected chi connectivity index (χ3v) is 3.44. The van der Waals surface area contributed by atoms with Crippen LogP contribution in [-0.4, -0.2) is 15.9 Å². The van der Waals surface area contributed by atoms with Gasteiger partial charge in [0.05, 0.1) is 11.9 Å². The van der Waals surface area contributed by atoms with E-state index in [0.717, 1.165) is 5.56 Å². The average molecular weight is 325 g/mol. The van der Waals surface area contributed by atoms with Crippen LogP contribution in [0.5, 0.6) is 0 Å². The maximum absolute atomic E-state index is 12.4. The monoisotopic (exact) mass is 324 g/mol. The summed E-state index contributed by atoms with van der Waals surface area (Å²) in [6.45, 7) is 0. The van der Waals surface area contributed by atoms with Crippen molar-refractivity contribution in [3.8, 4) is 11.3 Å². The van der Waals surface area contributed by atoms with Crippen molar-refractivity contribution in [1.82, 2.24) is 9.97 Å². The van der Waals surface area contributed by atoms with E-state index in [1.165, 1.54) is 6.20 Å². The Labute approximate surface area is 138 Å². The van der Waals surface area contributed by atoms with Crippen LogP contribution in [0, 0.1) is 0 Å². The van der Waals surface area contributed by atoms with E-state index in [9.17, 15) is 4.79 Å². The molecule has 0 saturated heterocycles. The van der Waals surface area contributed by atoms with Gasteiger partial charge in [0.1, 0.15) is 0 Å². The molecule has 3 N–H and O–H groups in total. The molecule has 0 aliphatic carbocycles. The maximum atomic E-state index is 12.4. The van der Waals surface area contributed by atoms with Gasteiger partial charge in [-0.2, -0.15) is 0 Å². The standard InChI is InChI=1S/C17H13ClN4O/c18-12-8-6-11(7-9-12)14-10-20-16(19)15(22-14)17(23)21-13-4-2-1-3-5-13/h1-10H,(H2,19,20)(H,21,23). The van der Waals surface area contributed by atoms with Crippen molar-refractivity contribution in [3.05, 3.63) is 71.5 Å². The molecule has 0 atom stereocenters. The summed E-state index contributed by atoms with van der Waals surface area (Å²) in [5.74, 6) is -0.326. The van der Waals surface area contributed by atoms with E-state index < -0.39 is 5.91 Å². The van der Waals surface area contributed by atoms with Crippen LogP contribution in [0.1, 0.15) is 10.5 Å². The van der Waals surface area contributed by atoms with Crippen molar-refractivity contribution in [3.63, 3.8) is 0 Å². The molecule has 0 saturated carbocycles. The lowest BCUT2D eigenvalue weighted by Crippen LogP contribution is -2.17. The molecule has 0 bridgehead atoms. The quantitative estimate of drug-likeness (QED) is 0.770. The number of hydrogen-bond acceptors (Lipinski definition) is 4. The Hall–Kier alpha value is -2.92. The van der Waals surface area contributed by atoms with Crippen LogP contribution in [0.4, 0.5) is 11.5 Å². The van der Waals surface area contributed by atoms with E-state index in [0.29, 0.717) is 16.4 Å². The number of benzene rings is 2. The van der Waals surface area contributed by atoms with Gasteiger partial charge in [0.15, 0.2) is 11.5 Å². The number of para-hydroxylation sites is 1. The summed E-state index contributed by atoms with van der Waals surface area (Å²) in [6, 6.07) is 16.2. The lowest BCUT2D eigenvalue weighted by atomic mass is 10.1. The number of carbonyl (C=O) groups excluding carboxylic acids is 1. The Morgan fingerprint density at radius 3 is 2.43 bits per heavy atom. The molecule has 2 aromatic carbocycles. The number of nitrogens with one attached hydrogen (secondary N) is 1. The summed E-state index contributed by atoms with van der Waals surface area (Å²) >= 11 is 5.88. The summed E-state index contributed by atoms with van der Waals surface area (Å²) in [5.41, 5.74) is 7.89. The fourth-order valence-corrected chi connectivity index (χ4v) is 2.16. The van der Waals surface area contributed by atoms with E-state index in [2.05, 4.69) is 15.3 Å². The number of hydrogen-bond donors (Lipinski definition) is 2. The zero-order valence-electron chi connectivity index (χ0n) is 12.0. The molecule has 6 heteroatoms. The molecule has 1 aromatic heterocycles. The normalized spacial score (nSPS) is 10.3. The van der Waals surface area contributed by atoms with Crippen molar-refractivity contribution in [2.45, 2.75) is 0 Å². The molecule has 1 amide bonds. The van der Waals surface area contributed by atoms with E-state index in [4.69, 9.17) is 17.3 Å². The fraction of sp³-hybridized carbons (Fsp3) is 0. The summed E-state index contributed by atoms with van der Waals surface area (Å²) in [7, 11) is 0. The Bertz CT molecular complexity index is 835. The zero-order chi connectivity index (χ0) is 16.2. The number of anilines is 2. The molecule has 0 spiro atoms. The van der Waals surface area contributed by atoms with Gasteiger partial charge in [0, 0.05) is 16.3 Å². The zero-order valence-corrected chi connectivity index (χ0v) is 12.8. The first-order valence-electron chi connectivity index (χ1n) is 6.88. The van der Waals surface area contributed by atoms with Crippen molar-refractivity contribution >= 4 is 29.0 Å². The number of halogens is 1. The maximum Gasteiger partial charge on any atom is 0.278 e. The summed E-state index contributed by atoms with van der Waals surface area (Å²) < 4.78 is 0. The number of nitrogens with zero attached hydrogens (tertiary/aromatic N) is 2. The van der Waals surface area contributed by atoms with Crippen LogP contribution in [-0.2, 0) is 0 Å². The Morgan fingerprint density at radius 2 is 1.74 bits per heavy atom. The molecule has 0 unspecified atom stereocenters. The molecular weight excluding hydrogens is 312 g/mol. The first-order valence-corrected chi connectivity index (χ1v) is 7.26. The number of rotatable bonds is 3. The van der Waals surface area contributed by atoms with E-state index in [1.54, 1.807) is 36.4 Å². The minimum atomic E-state index is -0.406. The number of aromatic nitrogens is 2. The predicted molar refractivity (Wildman–Crippen MR) is 91.3 cm³/mol. The third kappa shape index (κ3) is 3.46. The average Bonchev–Trinajstić information content (AvgIpc) is 2.57. The van der Waals surface area contributed by atoms with Gasteiger partial charge in [-0.05, 0) is 24.3 Å². The highest BCUT2D eigenvalue weighted by Gasteiger charge is 2.15. The molecule has 23 heavy (non-hydrogen) atoms. The summed E-state index contributed by atoms with van der Waals surface area (Å²) in [4.78, 5) is 20.7. The largest absolute Gasteiger partial charge is 0.382 e. The van der Waals surface area contributed by atoms with E-state index in [-0.39, 0.29) is 11.5 Å². The number of amides is 1. The van der Waals surface area contributed by atoms with Crippen LogP contribution in [0.15, 0.2) is 60.8 Å². The molecule has 3 aromatic rings. The van der Waals surface area contributed by atoms with Gasteiger partial charge >= 0.3 is 0 Å². The van der Waals surface area contributed by atoms with Crippen molar-refractivity contribution < 1.29 is 4.79 Å². The molecule has 114 valence electrons.